The van der Waals surface area contributed by atoms with Crippen molar-refractivity contribution in [3.8, 4) is 0 Å². The Labute approximate surface area is 174 Å². The quantitative estimate of drug-likeness (QED) is 0.759. The Morgan fingerprint density at radius 3 is 2.52 bits per heavy atom. The normalized spacial score (nSPS) is 43.3. The molecule has 3 N–H and O–H groups in total. The number of carbonyl (C=O) groups is 1. The predicted molar refractivity (Wildman–Crippen MR) is 113 cm³/mol. The first-order chi connectivity index (χ1) is 14.0. The fourth-order valence-electron chi connectivity index (χ4n) is 8.09. The molecule has 29 heavy (non-hydrogen) atoms. The summed E-state index contributed by atoms with van der Waals surface area (Å²) in [4.78, 5) is 13.7. The van der Waals surface area contributed by atoms with Crippen molar-refractivity contribution in [3.05, 3.63) is 35.9 Å². The Balaban J connectivity index is 1.46. The van der Waals surface area contributed by atoms with Gasteiger partial charge in [-0.1, -0.05) is 30.3 Å². The molecule has 5 aliphatic carbocycles. The zero-order valence-corrected chi connectivity index (χ0v) is 17.5. The van der Waals surface area contributed by atoms with Crippen LogP contribution in [0.4, 0.5) is 4.39 Å². The largest absolute Gasteiger partial charge is 0.353 e. The van der Waals surface area contributed by atoms with Crippen LogP contribution in [0.5, 0.6) is 0 Å². The van der Waals surface area contributed by atoms with E-state index in [1.807, 2.05) is 0 Å². The van der Waals surface area contributed by atoms with Gasteiger partial charge in [-0.3, -0.25) is 9.18 Å². The van der Waals surface area contributed by atoms with Crippen molar-refractivity contribution in [2.75, 3.05) is 6.67 Å². The summed E-state index contributed by atoms with van der Waals surface area (Å²) in [6, 6.07) is 11.3. The van der Waals surface area contributed by atoms with Gasteiger partial charge >= 0.3 is 0 Å². The van der Waals surface area contributed by atoms with Crippen molar-refractivity contribution in [2.45, 2.75) is 88.1 Å². The van der Waals surface area contributed by atoms with Gasteiger partial charge in [0.1, 0.15) is 0 Å². The zero-order valence-electron chi connectivity index (χ0n) is 17.5. The van der Waals surface area contributed by atoms with Crippen molar-refractivity contribution in [3.63, 3.8) is 0 Å². The van der Waals surface area contributed by atoms with E-state index < -0.39 is 0 Å². The number of rotatable bonds is 5. The molecule has 5 fully saturated rings. The minimum atomic E-state index is -0.315. The summed E-state index contributed by atoms with van der Waals surface area (Å²) < 4.78 is 13.7. The number of nitrogens with two attached hydrogens (primary N) is 1. The monoisotopic (exact) mass is 398 g/mol. The van der Waals surface area contributed by atoms with Crippen LogP contribution < -0.4 is 11.1 Å². The lowest BCUT2D eigenvalue weighted by molar-refractivity contribution is -0.165. The van der Waals surface area contributed by atoms with Gasteiger partial charge in [0.05, 0.1) is 12.1 Å². The maximum atomic E-state index is 13.7. The Morgan fingerprint density at radius 2 is 1.79 bits per heavy atom. The molecular formula is C25H35FN2O. The van der Waals surface area contributed by atoms with Gasteiger partial charge in [0.2, 0.25) is 5.91 Å². The Hall–Kier alpha value is -1.42. The van der Waals surface area contributed by atoms with Gasteiger partial charge in [0, 0.05) is 12.1 Å². The van der Waals surface area contributed by atoms with Crippen molar-refractivity contribution >= 4 is 5.91 Å². The van der Waals surface area contributed by atoms with Crippen LogP contribution in [0, 0.1) is 16.7 Å². The molecule has 4 atom stereocenters. The SMILES string of the molecule is N[C@H]1CC[C@@H](NC(=O)C23CC4C[C@@](CCF)(C2)C[C@](c2ccccc2)(C4)C3)CC1. The fourth-order valence-corrected chi connectivity index (χ4v) is 8.09. The first kappa shape index (κ1) is 19.5. The van der Waals surface area contributed by atoms with Crippen LogP contribution in [0.1, 0.15) is 76.2 Å². The number of nitrogens with one attached hydrogen (secondary N) is 1. The molecular weight excluding hydrogens is 363 g/mol. The topological polar surface area (TPSA) is 55.1 Å². The van der Waals surface area contributed by atoms with E-state index in [9.17, 15) is 9.18 Å². The predicted octanol–water partition coefficient (Wildman–Crippen LogP) is 4.64. The maximum Gasteiger partial charge on any atom is 0.226 e. The molecule has 1 aromatic carbocycles. The second-order valence-electron chi connectivity index (χ2n) is 11.0. The van der Waals surface area contributed by atoms with E-state index in [1.54, 1.807) is 0 Å². The third kappa shape index (κ3) is 3.32. The van der Waals surface area contributed by atoms with Crippen LogP contribution >= 0.6 is 0 Å². The van der Waals surface area contributed by atoms with Crippen LogP contribution in [-0.4, -0.2) is 24.7 Å². The van der Waals surface area contributed by atoms with Gasteiger partial charge < -0.3 is 11.1 Å². The highest BCUT2D eigenvalue weighted by molar-refractivity contribution is 5.84. The number of benzene rings is 1. The molecule has 1 aromatic rings. The molecule has 0 radical (unpaired) electrons. The van der Waals surface area contributed by atoms with Gasteiger partial charge in [-0.2, -0.15) is 0 Å². The van der Waals surface area contributed by atoms with Crippen LogP contribution in [0.2, 0.25) is 0 Å². The molecule has 0 spiro atoms. The Morgan fingerprint density at radius 1 is 1.03 bits per heavy atom. The van der Waals surface area contributed by atoms with Crippen LogP contribution in [0.25, 0.3) is 0 Å². The zero-order chi connectivity index (χ0) is 20.1. The van der Waals surface area contributed by atoms with Crippen LogP contribution in [0.3, 0.4) is 0 Å². The van der Waals surface area contributed by atoms with Crippen molar-refractivity contribution < 1.29 is 9.18 Å². The van der Waals surface area contributed by atoms with Gasteiger partial charge in [0.25, 0.3) is 0 Å². The molecule has 4 heteroatoms. The molecule has 4 bridgehead atoms. The second-order valence-corrected chi connectivity index (χ2v) is 11.0. The van der Waals surface area contributed by atoms with E-state index in [4.69, 9.17) is 5.73 Å². The molecule has 0 aliphatic heterocycles. The summed E-state index contributed by atoms with van der Waals surface area (Å²) in [5, 5.41) is 3.44. The average Bonchev–Trinajstić information content (AvgIpc) is 2.69. The minimum absolute atomic E-state index is 0.00370. The summed E-state index contributed by atoms with van der Waals surface area (Å²) in [5.41, 5.74) is 7.15. The van der Waals surface area contributed by atoms with Crippen molar-refractivity contribution in [1.29, 1.82) is 0 Å². The summed E-state index contributed by atoms with van der Waals surface area (Å²) in [6.45, 7) is -0.268. The van der Waals surface area contributed by atoms with Gasteiger partial charge in [-0.25, -0.2) is 0 Å². The van der Waals surface area contributed by atoms with E-state index in [2.05, 4.69) is 35.6 Å². The molecule has 0 aromatic heterocycles. The number of hydrogen-bond donors (Lipinski definition) is 2. The van der Waals surface area contributed by atoms with E-state index in [-0.39, 0.29) is 40.9 Å². The van der Waals surface area contributed by atoms with E-state index in [0.717, 1.165) is 57.8 Å². The highest BCUT2D eigenvalue weighted by Gasteiger charge is 2.65. The van der Waals surface area contributed by atoms with Crippen molar-refractivity contribution in [1.82, 2.24) is 5.32 Å². The molecule has 6 rings (SSSR count). The molecule has 1 amide bonds. The summed E-state index contributed by atoms with van der Waals surface area (Å²) in [6.07, 6.45) is 10.7. The van der Waals surface area contributed by atoms with Gasteiger partial charge in [-0.05, 0) is 92.9 Å². The van der Waals surface area contributed by atoms with Crippen LogP contribution in [0.15, 0.2) is 30.3 Å². The lowest BCUT2D eigenvalue weighted by Crippen LogP contribution is -2.63. The molecule has 2 unspecified atom stereocenters. The summed E-state index contributed by atoms with van der Waals surface area (Å²) >= 11 is 0. The fraction of sp³-hybridized carbons (Fsp3) is 0.720. The number of halogens is 1. The Kier molecular flexibility index (Phi) is 4.77. The molecule has 0 saturated heterocycles. The van der Waals surface area contributed by atoms with E-state index in [0.29, 0.717) is 12.3 Å². The number of amides is 1. The summed E-state index contributed by atoms with van der Waals surface area (Å²) in [7, 11) is 0. The average molecular weight is 399 g/mol. The maximum absolute atomic E-state index is 13.7. The number of hydrogen-bond acceptors (Lipinski definition) is 2. The highest BCUT2D eigenvalue weighted by Crippen LogP contribution is 2.71. The second kappa shape index (κ2) is 7.08. The first-order valence-electron chi connectivity index (χ1n) is 11.6. The van der Waals surface area contributed by atoms with Gasteiger partial charge in [0.15, 0.2) is 0 Å². The van der Waals surface area contributed by atoms with E-state index in [1.165, 1.54) is 12.0 Å². The lowest BCUT2D eigenvalue weighted by atomic mass is 9.38. The smallest absolute Gasteiger partial charge is 0.226 e. The molecule has 158 valence electrons. The molecule has 0 heterocycles. The third-order valence-electron chi connectivity index (χ3n) is 8.78. The number of alkyl halides is 1. The highest BCUT2D eigenvalue weighted by atomic mass is 19.1. The van der Waals surface area contributed by atoms with E-state index >= 15 is 0 Å². The molecule has 5 saturated carbocycles. The summed E-state index contributed by atoms with van der Waals surface area (Å²) in [5.74, 6) is 0.800. The minimum Gasteiger partial charge on any atom is -0.353 e. The van der Waals surface area contributed by atoms with Crippen molar-refractivity contribution in [2.24, 2.45) is 22.5 Å². The molecule has 3 nitrogen and oxygen atoms in total. The lowest BCUT2D eigenvalue weighted by Gasteiger charge is -2.66. The van der Waals surface area contributed by atoms with Crippen LogP contribution in [-0.2, 0) is 10.2 Å². The standard InChI is InChI=1S/C25H35FN2O/c26-11-10-23-12-18-13-24(15-23,19-4-2-1-3-5-19)17-25(14-18,16-23)22(29)28-21-8-6-20(27)7-9-21/h1-5,18,20-21H,6-17,27H2,(H,28,29)/t18?,20-,21+,23-,24-,25?/m1/s1. The molecule has 5 aliphatic rings. The Bertz CT molecular complexity index is 761. The van der Waals surface area contributed by atoms with Gasteiger partial charge in [-0.15, -0.1) is 0 Å². The third-order valence-corrected chi connectivity index (χ3v) is 8.78. The first-order valence-corrected chi connectivity index (χ1v) is 11.6. The number of carbonyl (C=O) groups excluding carboxylic acids is 1.